The number of hydrogen-bond donors (Lipinski definition) is 1. The van der Waals surface area contributed by atoms with E-state index in [-0.39, 0.29) is 18.2 Å². The van der Waals surface area contributed by atoms with Gasteiger partial charge < -0.3 is 15.2 Å². The van der Waals surface area contributed by atoms with E-state index in [2.05, 4.69) is 10.3 Å². The van der Waals surface area contributed by atoms with Crippen LogP contribution in [0.5, 0.6) is 5.75 Å². The summed E-state index contributed by atoms with van der Waals surface area (Å²) in [7, 11) is 0. The summed E-state index contributed by atoms with van der Waals surface area (Å²) in [6.07, 6.45) is 7.58. The average molecular weight is 377 g/mol. The van der Waals surface area contributed by atoms with Gasteiger partial charge in [-0.15, -0.1) is 5.10 Å². The highest BCUT2D eigenvalue weighted by Crippen LogP contribution is 2.44. The molecule has 1 atom stereocenters. The van der Waals surface area contributed by atoms with E-state index in [9.17, 15) is 4.79 Å². The lowest BCUT2D eigenvalue weighted by atomic mass is 9.96. The quantitative estimate of drug-likeness (QED) is 0.866. The van der Waals surface area contributed by atoms with Gasteiger partial charge in [0.25, 0.3) is 5.91 Å². The minimum Gasteiger partial charge on any atom is -0.483 e. The highest BCUT2D eigenvalue weighted by molar-refractivity contribution is 6.30. The Morgan fingerprint density at radius 2 is 2.23 bits per heavy atom. The maximum absolute atomic E-state index is 11.0. The molecular weight excluding hydrogens is 356 g/mol. The highest BCUT2D eigenvalue weighted by Gasteiger charge is 2.43. The zero-order valence-corrected chi connectivity index (χ0v) is 15.1. The Bertz CT molecular complexity index is 817. The molecule has 1 aromatic heterocycles. The second kappa shape index (κ2) is 6.89. The van der Waals surface area contributed by atoms with Gasteiger partial charge in [-0.2, -0.15) is 0 Å². The lowest BCUT2D eigenvalue weighted by molar-refractivity contribution is -0.119. The van der Waals surface area contributed by atoms with Crippen molar-refractivity contribution in [1.29, 1.82) is 0 Å². The van der Waals surface area contributed by atoms with Crippen LogP contribution in [0.1, 0.15) is 38.1 Å². The molecule has 1 saturated carbocycles. The molecule has 138 valence electrons. The van der Waals surface area contributed by atoms with E-state index >= 15 is 0 Å². The van der Waals surface area contributed by atoms with Crippen LogP contribution < -0.4 is 10.5 Å². The normalized spacial score (nSPS) is 21.3. The second-order valence-corrected chi connectivity index (χ2v) is 7.47. The average Bonchev–Trinajstić information content (AvgIpc) is 3.35. The molecule has 2 aliphatic rings. The van der Waals surface area contributed by atoms with Crippen molar-refractivity contribution in [2.45, 2.75) is 43.7 Å². The van der Waals surface area contributed by atoms with Gasteiger partial charge in [0.1, 0.15) is 11.4 Å². The summed E-state index contributed by atoms with van der Waals surface area (Å²) in [4.78, 5) is 11.0. The Morgan fingerprint density at radius 3 is 3.00 bits per heavy atom. The summed E-state index contributed by atoms with van der Waals surface area (Å²) in [5.74, 6) is -0.0466. The van der Waals surface area contributed by atoms with Gasteiger partial charge in [-0.25, -0.2) is 4.68 Å². The van der Waals surface area contributed by atoms with Gasteiger partial charge in [0, 0.05) is 17.0 Å². The molecule has 1 unspecified atom stereocenters. The SMILES string of the molecule is NC(=O)COc1ccc(Cl)cc1-c1cn(C2COC3(CCCC3)C2)nn1. The van der Waals surface area contributed by atoms with Crippen molar-refractivity contribution in [1.82, 2.24) is 15.0 Å². The van der Waals surface area contributed by atoms with Crippen molar-refractivity contribution in [3.8, 4) is 17.0 Å². The predicted octanol–water partition coefficient (Wildman–Crippen LogP) is 2.74. The molecule has 2 heterocycles. The zero-order chi connectivity index (χ0) is 18.1. The lowest BCUT2D eigenvalue weighted by Crippen LogP contribution is -2.23. The van der Waals surface area contributed by atoms with E-state index in [1.54, 1.807) is 18.2 Å². The van der Waals surface area contributed by atoms with E-state index in [0.717, 1.165) is 19.3 Å². The number of aromatic nitrogens is 3. The van der Waals surface area contributed by atoms with Crippen LogP contribution in [-0.2, 0) is 9.53 Å². The number of nitrogens with zero attached hydrogens (tertiary/aromatic N) is 3. The first-order valence-corrected chi connectivity index (χ1v) is 9.19. The Kier molecular flexibility index (Phi) is 4.58. The molecule has 0 bridgehead atoms. The summed E-state index contributed by atoms with van der Waals surface area (Å²) < 4.78 is 13.5. The van der Waals surface area contributed by atoms with E-state index in [0.29, 0.717) is 28.6 Å². The first-order valence-electron chi connectivity index (χ1n) is 8.81. The summed E-state index contributed by atoms with van der Waals surface area (Å²) in [6.45, 7) is 0.450. The van der Waals surface area contributed by atoms with Gasteiger partial charge in [0.05, 0.1) is 24.4 Å². The molecule has 1 saturated heterocycles. The van der Waals surface area contributed by atoms with E-state index in [1.807, 2.05) is 10.9 Å². The predicted molar refractivity (Wildman–Crippen MR) is 96.0 cm³/mol. The molecule has 1 amide bonds. The van der Waals surface area contributed by atoms with Crippen molar-refractivity contribution >= 4 is 17.5 Å². The fraction of sp³-hybridized carbons (Fsp3) is 0.500. The molecule has 7 nitrogen and oxygen atoms in total. The molecule has 2 N–H and O–H groups in total. The molecule has 1 aromatic carbocycles. The van der Waals surface area contributed by atoms with Gasteiger partial charge >= 0.3 is 0 Å². The highest BCUT2D eigenvalue weighted by atomic mass is 35.5. The number of ether oxygens (including phenoxy) is 2. The van der Waals surface area contributed by atoms with Crippen molar-refractivity contribution in [2.75, 3.05) is 13.2 Å². The second-order valence-electron chi connectivity index (χ2n) is 7.04. The third-order valence-electron chi connectivity index (χ3n) is 5.18. The minimum absolute atomic E-state index is 0.0304. The standard InChI is InChI=1S/C18H21ClN4O3/c19-12-3-4-16(25-11-17(20)24)14(7-12)15-9-23(22-21-15)13-8-18(26-10-13)5-1-2-6-18/h3-4,7,9,13H,1-2,5-6,8,10-11H2,(H2,20,24). The molecular formula is C18H21ClN4O3. The number of rotatable bonds is 5. The Labute approximate surface area is 156 Å². The minimum atomic E-state index is -0.542. The number of halogens is 1. The van der Waals surface area contributed by atoms with Crippen molar-refractivity contribution < 1.29 is 14.3 Å². The number of nitrogens with two attached hydrogens (primary N) is 1. The molecule has 0 radical (unpaired) electrons. The third kappa shape index (κ3) is 3.41. The van der Waals surface area contributed by atoms with Crippen molar-refractivity contribution in [2.24, 2.45) is 5.73 Å². The van der Waals surface area contributed by atoms with Crippen LogP contribution in [0, 0.1) is 0 Å². The molecule has 2 aromatic rings. The summed E-state index contributed by atoms with van der Waals surface area (Å²) in [6, 6.07) is 5.32. The number of carbonyl (C=O) groups excluding carboxylic acids is 1. The van der Waals surface area contributed by atoms with Crippen molar-refractivity contribution in [3.05, 3.63) is 29.4 Å². The van der Waals surface area contributed by atoms with Gasteiger partial charge in [-0.05, 0) is 31.0 Å². The first-order chi connectivity index (χ1) is 12.5. The van der Waals surface area contributed by atoms with E-state index in [4.69, 9.17) is 26.8 Å². The smallest absolute Gasteiger partial charge is 0.255 e. The molecule has 8 heteroatoms. The van der Waals surface area contributed by atoms with Crippen molar-refractivity contribution in [3.63, 3.8) is 0 Å². The molecule has 2 fully saturated rings. The largest absolute Gasteiger partial charge is 0.483 e. The lowest BCUT2D eigenvalue weighted by Gasteiger charge is -2.21. The maximum Gasteiger partial charge on any atom is 0.255 e. The van der Waals surface area contributed by atoms with E-state index < -0.39 is 5.91 Å². The van der Waals surface area contributed by atoms with Crippen LogP contribution in [0.4, 0.5) is 0 Å². The number of carbonyl (C=O) groups is 1. The summed E-state index contributed by atoms with van der Waals surface area (Å²) in [5.41, 5.74) is 6.52. The summed E-state index contributed by atoms with van der Waals surface area (Å²) >= 11 is 6.12. The van der Waals surface area contributed by atoms with Crippen LogP contribution in [0.3, 0.4) is 0 Å². The topological polar surface area (TPSA) is 92.3 Å². The van der Waals surface area contributed by atoms with Gasteiger partial charge in [0.15, 0.2) is 6.61 Å². The zero-order valence-electron chi connectivity index (χ0n) is 14.4. The fourth-order valence-corrected chi connectivity index (χ4v) is 4.09. The molecule has 4 rings (SSSR count). The van der Waals surface area contributed by atoms with Gasteiger partial charge in [-0.1, -0.05) is 29.7 Å². The molecule has 26 heavy (non-hydrogen) atoms. The molecule has 1 spiro atoms. The Balaban J connectivity index is 1.56. The third-order valence-corrected chi connectivity index (χ3v) is 5.41. The fourth-order valence-electron chi connectivity index (χ4n) is 3.91. The van der Waals surface area contributed by atoms with Crippen LogP contribution in [-0.4, -0.2) is 39.7 Å². The van der Waals surface area contributed by atoms with Crippen LogP contribution in [0.15, 0.2) is 24.4 Å². The molecule has 1 aliphatic heterocycles. The van der Waals surface area contributed by atoms with Crippen LogP contribution in [0.2, 0.25) is 5.02 Å². The number of hydrogen-bond acceptors (Lipinski definition) is 5. The summed E-state index contributed by atoms with van der Waals surface area (Å²) in [5, 5.41) is 9.12. The Hall–Kier alpha value is -2.12. The number of amides is 1. The van der Waals surface area contributed by atoms with E-state index in [1.165, 1.54) is 12.8 Å². The molecule has 1 aliphatic carbocycles. The van der Waals surface area contributed by atoms with Gasteiger partial charge in [0.2, 0.25) is 0 Å². The van der Waals surface area contributed by atoms with Gasteiger partial charge in [-0.3, -0.25) is 4.79 Å². The monoisotopic (exact) mass is 376 g/mol. The van der Waals surface area contributed by atoms with Crippen LogP contribution >= 0.6 is 11.6 Å². The van der Waals surface area contributed by atoms with Crippen LogP contribution in [0.25, 0.3) is 11.3 Å². The first kappa shape index (κ1) is 17.3. The number of primary amides is 1. The Morgan fingerprint density at radius 1 is 1.42 bits per heavy atom. The maximum atomic E-state index is 11.0. The number of benzene rings is 1.